The summed E-state index contributed by atoms with van der Waals surface area (Å²) in [6.45, 7) is 10.8. The van der Waals surface area contributed by atoms with Crippen LogP contribution in [0.25, 0.3) is 0 Å². The van der Waals surface area contributed by atoms with E-state index in [1.54, 1.807) is 0 Å². The largest absolute Gasteiger partial charge is 0.461 e. The number of rotatable bonds is 6. The minimum atomic E-state index is -1.67. The third-order valence-corrected chi connectivity index (χ3v) is 6.63. The molecule has 40 heavy (non-hydrogen) atoms. The summed E-state index contributed by atoms with van der Waals surface area (Å²) in [6, 6.07) is 2.19. The second-order valence-electron chi connectivity index (χ2n) is 10.8. The van der Waals surface area contributed by atoms with Crippen LogP contribution in [-0.2, 0) is 19.1 Å². The van der Waals surface area contributed by atoms with Gasteiger partial charge in [-0.3, -0.25) is 0 Å². The predicted octanol–water partition coefficient (Wildman–Crippen LogP) is 8.52. The molecule has 2 rings (SSSR count). The summed E-state index contributed by atoms with van der Waals surface area (Å²) in [6.07, 6.45) is 0. The van der Waals surface area contributed by atoms with Crippen LogP contribution < -0.4 is 9.47 Å². The summed E-state index contributed by atoms with van der Waals surface area (Å²) >= 11 is 36.8. The first-order valence-electron chi connectivity index (χ1n) is 11.4. The van der Waals surface area contributed by atoms with E-state index in [4.69, 9.17) is 88.6 Å². The third-order valence-electron chi connectivity index (χ3n) is 4.49. The van der Waals surface area contributed by atoms with E-state index in [-0.39, 0.29) is 43.3 Å². The molecule has 0 bridgehead atoms. The minimum Gasteiger partial charge on any atom is -0.461 e. The maximum absolute atomic E-state index is 12.8. The maximum atomic E-state index is 12.8. The van der Waals surface area contributed by atoms with Gasteiger partial charge in [-0.1, -0.05) is 111 Å². The Labute approximate surface area is 261 Å². The van der Waals surface area contributed by atoms with Gasteiger partial charge in [0.05, 0.1) is 43.3 Å². The van der Waals surface area contributed by atoms with Crippen molar-refractivity contribution in [1.29, 1.82) is 0 Å². The lowest BCUT2D eigenvalue weighted by Crippen LogP contribution is -2.28. The SMILES string of the molecule is CC(C)(C)COC(=O)c1c(Cl)c(Cl)cc(Cl)c1OC(=O)C(=O)Oc1c(Cl)cc(Cl)c(Cl)c1C(=O)OCC(C)(C)C. The van der Waals surface area contributed by atoms with Crippen LogP contribution in [0.1, 0.15) is 62.3 Å². The zero-order valence-electron chi connectivity index (χ0n) is 22.1. The molecule has 0 aliphatic carbocycles. The van der Waals surface area contributed by atoms with E-state index in [2.05, 4.69) is 0 Å². The Bertz CT molecular complexity index is 1260. The lowest BCUT2D eigenvalue weighted by molar-refractivity contribution is -0.156. The molecule has 0 saturated carbocycles. The molecule has 0 aromatic heterocycles. The van der Waals surface area contributed by atoms with Crippen LogP contribution in [0.5, 0.6) is 11.5 Å². The van der Waals surface area contributed by atoms with Crippen LogP contribution in [0.4, 0.5) is 0 Å². The summed E-state index contributed by atoms with van der Waals surface area (Å²) in [5.74, 6) is -6.58. The van der Waals surface area contributed by atoms with E-state index in [0.29, 0.717) is 0 Å². The monoisotopic (exact) mass is 674 g/mol. The van der Waals surface area contributed by atoms with E-state index in [1.165, 1.54) is 0 Å². The Morgan fingerprint density at radius 1 is 0.575 bits per heavy atom. The third kappa shape index (κ3) is 9.03. The Morgan fingerprint density at radius 2 is 0.875 bits per heavy atom. The van der Waals surface area contributed by atoms with Crippen LogP contribution in [0.15, 0.2) is 12.1 Å². The quantitative estimate of drug-likeness (QED) is 0.130. The summed E-state index contributed by atoms with van der Waals surface area (Å²) < 4.78 is 20.6. The van der Waals surface area contributed by atoms with Gasteiger partial charge in [-0.2, -0.15) is 0 Å². The molecule has 2 aromatic rings. The number of benzene rings is 2. The predicted molar refractivity (Wildman–Crippen MR) is 154 cm³/mol. The molecule has 0 N–H and O–H groups in total. The average Bonchev–Trinajstić information content (AvgIpc) is 2.82. The summed E-state index contributed by atoms with van der Waals surface area (Å²) in [5.41, 5.74) is -1.83. The molecular formula is C26H24Cl6O8. The highest BCUT2D eigenvalue weighted by atomic mass is 35.5. The standard InChI is InChI=1S/C26H24Cl6O8/c1-25(2,3)9-37-21(33)15-17(31)11(27)7-13(29)19(15)39-23(35)24(36)40-20-14(30)8-12(28)18(32)16(20)22(34)38-10-26(4,5)6/h7-8H,9-10H2,1-6H3. The zero-order valence-corrected chi connectivity index (χ0v) is 26.6. The number of hydrogen-bond acceptors (Lipinski definition) is 8. The smallest absolute Gasteiger partial charge is 0.423 e. The van der Waals surface area contributed by atoms with Gasteiger partial charge in [0.2, 0.25) is 0 Å². The van der Waals surface area contributed by atoms with Gasteiger partial charge in [0.15, 0.2) is 11.5 Å². The van der Waals surface area contributed by atoms with Crippen LogP contribution in [0, 0.1) is 10.8 Å². The lowest BCUT2D eigenvalue weighted by atomic mass is 9.99. The van der Waals surface area contributed by atoms with Crippen molar-refractivity contribution >= 4 is 93.5 Å². The number of esters is 4. The fourth-order valence-electron chi connectivity index (χ4n) is 2.70. The number of carbonyl (C=O) groups is 4. The summed E-state index contributed by atoms with van der Waals surface area (Å²) in [7, 11) is 0. The normalized spacial score (nSPS) is 11.6. The second kappa shape index (κ2) is 13.4. The van der Waals surface area contributed by atoms with Crippen LogP contribution >= 0.6 is 69.6 Å². The second-order valence-corrected chi connectivity index (χ2v) is 13.2. The Hall–Kier alpha value is -1.94. The van der Waals surface area contributed by atoms with Crippen molar-refractivity contribution in [2.24, 2.45) is 10.8 Å². The minimum absolute atomic E-state index is 0.0361. The van der Waals surface area contributed by atoms with E-state index in [9.17, 15) is 19.2 Å². The van der Waals surface area contributed by atoms with Crippen molar-refractivity contribution in [2.45, 2.75) is 41.5 Å². The first-order chi connectivity index (χ1) is 18.2. The number of ether oxygens (including phenoxy) is 4. The number of halogens is 6. The van der Waals surface area contributed by atoms with Crippen LogP contribution in [0.2, 0.25) is 30.1 Å². The first kappa shape index (κ1) is 34.3. The molecule has 0 atom stereocenters. The molecule has 0 aliphatic heterocycles. The highest BCUT2D eigenvalue weighted by molar-refractivity contribution is 6.47. The van der Waals surface area contributed by atoms with Crippen molar-refractivity contribution in [2.75, 3.05) is 13.2 Å². The van der Waals surface area contributed by atoms with Crippen molar-refractivity contribution < 1.29 is 38.1 Å². The van der Waals surface area contributed by atoms with Gasteiger partial charge in [0.1, 0.15) is 11.1 Å². The molecule has 0 unspecified atom stereocenters. The molecule has 0 fully saturated rings. The van der Waals surface area contributed by atoms with Crippen molar-refractivity contribution in [3.8, 4) is 11.5 Å². The number of hydrogen-bond donors (Lipinski definition) is 0. The summed E-state index contributed by atoms with van der Waals surface area (Å²) in [5, 5.41) is -1.62. The molecule has 2 aromatic carbocycles. The highest BCUT2D eigenvalue weighted by Gasteiger charge is 2.32. The van der Waals surface area contributed by atoms with Gasteiger partial charge in [-0.15, -0.1) is 0 Å². The Balaban J connectivity index is 2.42. The van der Waals surface area contributed by atoms with Gasteiger partial charge in [0.25, 0.3) is 0 Å². The number of carbonyl (C=O) groups excluding carboxylic acids is 4. The molecule has 0 amide bonds. The van der Waals surface area contributed by atoms with Crippen LogP contribution in [0.3, 0.4) is 0 Å². The molecule has 0 aliphatic rings. The molecule has 14 heteroatoms. The molecular weight excluding hydrogens is 653 g/mol. The molecule has 218 valence electrons. The summed E-state index contributed by atoms with van der Waals surface area (Å²) in [4.78, 5) is 51.1. The molecule has 0 spiro atoms. The van der Waals surface area contributed by atoms with E-state index in [0.717, 1.165) is 12.1 Å². The molecule has 0 radical (unpaired) electrons. The van der Waals surface area contributed by atoms with Gasteiger partial charge in [-0.25, -0.2) is 19.2 Å². The van der Waals surface area contributed by atoms with E-state index >= 15 is 0 Å². The molecule has 8 nitrogen and oxygen atoms in total. The maximum Gasteiger partial charge on any atom is 0.423 e. The Kier molecular flexibility index (Phi) is 11.4. The van der Waals surface area contributed by atoms with Crippen molar-refractivity contribution in [3.05, 3.63) is 53.4 Å². The average molecular weight is 677 g/mol. The van der Waals surface area contributed by atoms with Crippen LogP contribution in [-0.4, -0.2) is 37.1 Å². The van der Waals surface area contributed by atoms with Crippen molar-refractivity contribution in [3.63, 3.8) is 0 Å². The lowest BCUT2D eigenvalue weighted by Gasteiger charge is -2.20. The highest BCUT2D eigenvalue weighted by Crippen LogP contribution is 2.42. The topological polar surface area (TPSA) is 105 Å². The fraction of sp³-hybridized carbons (Fsp3) is 0.385. The van der Waals surface area contributed by atoms with Crippen molar-refractivity contribution in [1.82, 2.24) is 0 Å². The Morgan fingerprint density at radius 3 is 1.15 bits per heavy atom. The fourth-order valence-corrected chi connectivity index (χ4v) is 4.14. The molecule has 0 saturated heterocycles. The van der Waals surface area contributed by atoms with E-state index < -0.39 is 57.3 Å². The molecule has 0 heterocycles. The first-order valence-corrected chi connectivity index (χ1v) is 13.6. The van der Waals surface area contributed by atoms with Gasteiger partial charge < -0.3 is 18.9 Å². The van der Waals surface area contributed by atoms with Gasteiger partial charge in [-0.05, 0) is 23.0 Å². The zero-order chi connectivity index (χ0) is 30.7. The van der Waals surface area contributed by atoms with Gasteiger partial charge >= 0.3 is 23.9 Å². The van der Waals surface area contributed by atoms with Gasteiger partial charge in [0, 0.05) is 0 Å². The van der Waals surface area contributed by atoms with E-state index in [1.807, 2.05) is 41.5 Å².